The molecule has 1 atom stereocenters. The van der Waals surface area contributed by atoms with Crippen LogP contribution < -0.4 is 0 Å². The maximum Gasteiger partial charge on any atom is 0.313 e. The Bertz CT molecular complexity index is 1040. The van der Waals surface area contributed by atoms with Crippen LogP contribution in [-0.2, 0) is 14.3 Å². The highest BCUT2D eigenvalue weighted by Crippen LogP contribution is 2.34. The van der Waals surface area contributed by atoms with E-state index in [-0.39, 0.29) is 18.2 Å². The van der Waals surface area contributed by atoms with E-state index in [9.17, 15) is 24.3 Å². The molecule has 2 aromatic rings. The number of halogens is 1. The first-order valence-corrected chi connectivity index (χ1v) is 9.83. The van der Waals surface area contributed by atoms with Crippen molar-refractivity contribution >= 4 is 17.8 Å². The number of aliphatic hydroxyl groups excluding tert-OH is 1. The van der Waals surface area contributed by atoms with Crippen LogP contribution in [0.15, 0.2) is 30.3 Å². The monoisotopic (exact) mass is 424 g/mol. The lowest BCUT2D eigenvalue weighted by molar-refractivity contribution is -0.143. The van der Waals surface area contributed by atoms with Gasteiger partial charge in [0.05, 0.1) is 30.2 Å². The van der Waals surface area contributed by atoms with E-state index in [1.807, 2.05) is 13.8 Å². The Kier molecular flexibility index (Phi) is 8.17. The third-order valence-corrected chi connectivity index (χ3v) is 4.75. The lowest BCUT2D eigenvalue weighted by Gasteiger charge is -2.18. The Morgan fingerprint density at radius 1 is 1.29 bits per heavy atom. The number of aromatic nitrogens is 1. The Morgan fingerprint density at radius 2 is 1.94 bits per heavy atom. The second kappa shape index (κ2) is 10.6. The van der Waals surface area contributed by atoms with E-state index in [0.29, 0.717) is 28.1 Å². The van der Waals surface area contributed by atoms with Crippen molar-refractivity contribution < 1.29 is 23.8 Å². The number of pyridine rings is 1. The first-order chi connectivity index (χ1) is 14.7. The standard InChI is InChI=1S/C24H25FN2O4/c1-14(2)23-20(10-9-18(28)11-19(29)12-22(30)31-4)24(27-15(3)21(23)13-26)16-5-7-17(25)8-6-16/h5-10,14,18,28H,11-12H2,1-4H3/b10-9+. The lowest BCUT2D eigenvalue weighted by atomic mass is 9.88. The predicted octanol–water partition coefficient (Wildman–Crippen LogP) is 4.09. The maximum absolute atomic E-state index is 13.4. The van der Waals surface area contributed by atoms with Crippen molar-refractivity contribution in [3.63, 3.8) is 0 Å². The van der Waals surface area contributed by atoms with Crippen molar-refractivity contribution in [1.82, 2.24) is 4.98 Å². The van der Waals surface area contributed by atoms with Gasteiger partial charge in [0.25, 0.3) is 0 Å². The molecule has 6 nitrogen and oxygen atoms in total. The average Bonchev–Trinajstić information content (AvgIpc) is 2.72. The van der Waals surface area contributed by atoms with Gasteiger partial charge in [0.2, 0.25) is 0 Å². The first kappa shape index (κ1) is 23.9. The van der Waals surface area contributed by atoms with Gasteiger partial charge in [-0.05, 0) is 42.7 Å². The molecule has 0 saturated heterocycles. The minimum absolute atomic E-state index is 0.0340. The number of nitriles is 1. The molecule has 0 aliphatic heterocycles. The summed E-state index contributed by atoms with van der Waals surface area (Å²) in [6.45, 7) is 5.63. The number of methoxy groups -OCH3 is 1. The highest BCUT2D eigenvalue weighted by molar-refractivity contribution is 5.95. The SMILES string of the molecule is COC(=O)CC(=O)CC(O)/C=C/c1c(-c2ccc(F)cc2)nc(C)c(C#N)c1C(C)C. The molecule has 0 fully saturated rings. The molecule has 7 heteroatoms. The highest BCUT2D eigenvalue weighted by Gasteiger charge is 2.20. The van der Waals surface area contributed by atoms with Crippen LogP contribution in [0.5, 0.6) is 0 Å². The van der Waals surface area contributed by atoms with Gasteiger partial charge >= 0.3 is 5.97 Å². The zero-order chi connectivity index (χ0) is 23.1. The molecule has 1 N–H and O–H groups in total. The van der Waals surface area contributed by atoms with Gasteiger partial charge in [0.1, 0.15) is 24.1 Å². The molecule has 0 bridgehead atoms. The molecule has 0 saturated carbocycles. The quantitative estimate of drug-likeness (QED) is 0.506. The van der Waals surface area contributed by atoms with Crippen LogP contribution in [0.4, 0.5) is 4.39 Å². The summed E-state index contributed by atoms with van der Waals surface area (Å²) in [5.41, 5.74) is 3.56. The van der Waals surface area contributed by atoms with Gasteiger partial charge in [-0.15, -0.1) is 0 Å². The van der Waals surface area contributed by atoms with Gasteiger partial charge in [-0.3, -0.25) is 14.6 Å². The fraction of sp³-hybridized carbons (Fsp3) is 0.333. The van der Waals surface area contributed by atoms with Gasteiger partial charge < -0.3 is 9.84 Å². The number of benzene rings is 1. The summed E-state index contributed by atoms with van der Waals surface area (Å²) in [6.07, 6.45) is 1.26. The van der Waals surface area contributed by atoms with E-state index >= 15 is 0 Å². The first-order valence-electron chi connectivity index (χ1n) is 9.83. The number of esters is 1. The zero-order valence-corrected chi connectivity index (χ0v) is 18.0. The molecule has 2 rings (SSSR count). The number of carbonyl (C=O) groups excluding carboxylic acids is 2. The van der Waals surface area contributed by atoms with Crippen LogP contribution in [0.1, 0.15) is 55.0 Å². The summed E-state index contributed by atoms with van der Waals surface area (Å²) in [4.78, 5) is 27.7. The van der Waals surface area contributed by atoms with Gasteiger partial charge in [-0.25, -0.2) is 4.39 Å². The molecule has 1 heterocycles. The molecule has 0 aliphatic rings. The van der Waals surface area contributed by atoms with Crippen molar-refractivity contribution in [1.29, 1.82) is 5.26 Å². The molecule has 0 aliphatic carbocycles. The van der Waals surface area contributed by atoms with Crippen LogP contribution in [0.3, 0.4) is 0 Å². The normalized spacial score (nSPS) is 12.1. The second-order valence-electron chi connectivity index (χ2n) is 7.44. The zero-order valence-electron chi connectivity index (χ0n) is 18.0. The van der Waals surface area contributed by atoms with Crippen LogP contribution >= 0.6 is 0 Å². The summed E-state index contributed by atoms with van der Waals surface area (Å²) in [5.74, 6) is -1.53. The second-order valence-corrected chi connectivity index (χ2v) is 7.44. The molecular formula is C24H25FN2O4. The van der Waals surface area contributed by atoms with Crippen molar-refractivity contribution in [2.24, 2.45) is 0 Å². The highest BCUT2D eigenvalue weighted by atomic mass is 19.1. The van der Waals surface area contributed by atoms with Crippen molar-refractivity contribution in [3.8, 4) is 17.3 Å². The van der Waals surface area contributed by atoms with E-state index in [0.717, 1.165) is 5.56 Å². The van der Waals surface area contributed by atoms with E-state index in [2.05, 4.69) is 15.8 Å². The molecular weight excluding hydrogens is 399 g/mol. The summed E-state index contributed by atoms with van der Waals surface area (Å²) in [5, 5.41) is 20.0. The number of nitrogens with zero attached hydrogens (tertiary/aromatic N) is 2. The minimum Gasteiger partial charge on any atom is -0.469 e. The van der Waals surface area contributed by atoms with Crippen LogP contribution in [0, 0.1) is 24.1 Å². The molecule has 1 aromatic heterocycles. The lowest BCUT2D eigenvalue weighted by Crippen LogP contribution is -2.15. The topological polar surface area (TPSA) is 100 Å². The molecule has 1 aromatic carbocycles. The molecule has 162 valence electrons. The van der Waals surface area contributed by atoms with E-state index < -0.39 is 24.3 Å². The van der Waals surface area contributed by atoms with E-state index in [4.69, 9.17) is 0 Å². The van der Waals surface area contributed by atoms with Crippen LogP contribution in [0.25, 0.3) is 17.3 Å². The Hall–Kier alpha value is -3.37. The third kappa shape index (κ3) is 6.06. The number of ether oxygens (including phenoxy) is 1. The number of hydrogen-bond acceptors (Lipinski definition) is 6. The summed E-state index contributed by atoms with van der Waals surface area (Å²) >= 11 is 0. The number of carbonyl (C=O) groups is 2. The summed E-state index contributed by atoms with van der Waals surface area (Å²) < 4.78 is 17.9. The molecule has 0 radical (unpaired) electrons. The van der Waals surface area contributed by atoms with Crippen molar-refractivity contribution in [2.45, 2.75) is 45.6 Å². The molecule has 31 heavy (non-hydrogen) atoms. The van der Waals surface area contributed by atoms with Crippen molar-refractivity contribution in [3.05, 3.63) is 58.5 Å². The average molecular weight is 424 g/mol. The van der Waals surface area contributed by atoms with E-state index in [1.165, 1.54) is 25.3 Å². The number of rotatable bonds is 8. The fourth-order valence-electron chi connectivity index (χ4n) is 3.29. The van der Waals surface area contributed by atoms with Crippen LogP contribution in [0.2, 0.25) is 0 Å². The Labute approximate surface area is 181 Å². The molecule has 0 spiro atoms. The Morgan fingerprint density at radius 3 is 2.48 bits per heavy atom. The number of hydrogen-bond donors (Lipinski definition) is 1. The van der Waals surface area contributed by atoms with Gasteiger partial charge in [-0.1, -0.05) is 26.0 Å². The van der Waals surface area contributed by atoms with Gasteiger partial charge in [0.15, 0.2) is 0 Å². The maximum atomic E-state index is 13.4. The number of ketones is 1. The minimum atomic E-state index is -1.13. The number of aliphatic hydroxyl groups is 1. The summed E-state index contributed by atoms with van der Waals surface area (Å²) in [7, 11) is 1.19. The van der Waals surface area contributed by atoms with Gasteiger partial charge in [0, 0.05) is 17.5 Å². The third-order valence-electron chi connectivity index (χ3n) is 4.75. The van der Waals surface area contributed by atoms with Crippen LogP contribution in [-0.4, -0.2) is 35.1 Å². The largest absolute Gasteiger partial charge is 0.469 e. The predicted molar refractivity (Wildman–Crippen MR) is 114 cm³/mol. The molecule has 1 unspecified atom stereocenters. The number of aryl methyl sites for hydroxylation is 1. The van der Waals surface area contributed by atoms with Crippen molar-refractivity contribution in [2.75, 3.05) is 7.11 Å². The fourth-order valence-corrected chi connectivity index (χ4v) is 3.29. The Balaban J connectivity index is 2.51. The molecule has 0 amide bonds. The van der Waals surface area contributed by atoms with E-state index in [1.54, 1.807) is 25.1 Å². The summed E-state index contributed by atoms with van der Waals surface area (Å²) in [6, 6.07) is 8.05. The number of Topliss-reactive ketones (excluding diaryl/α,β-unsaturated/α-hetero) is 1. The smallest absolute Gasteiger partial charge is 0.313 e. The van der Waals surface area contributed by atoms with Gasteiger partial charge in [-0.2, -0.15) is 5.26 Å².